The summed E-state index contributed by atoms with van der Waals surface area (Å²) in [5.74, 6) is 0.885. The van der Waals surface area contributed by atoms with E-state index < -0.39 is 16.1 Å². The van der Waals surface area contributed by atoms with Crippen molar-refractivity contribution in [1.82, 2.24) is 4.31 Å². The highest BCUT2D eigenvalue weighted by Gasteiger charge is 2.38. The molecule has 2 aliphatic rings. The monoisotopic (exact) mass is 408 g/mol. The number of rotatable bonds is 4. The van der Waals surface area contributed by atoms with Gasteiger partial charge in [-0.3, -0.25) is 4.79 Å². The summed E-state index contributed by atoms with van der Waals surface area (Å²) in [7, 11) is -3.67. The van der Waals surface area contributed by atoms with E-state index in [-0.39, 0.29) is 10.1 Å². The van der Waals surface area contributed by atoms with Crippen LogP contribution in [-0.4, -0.2) is 44.4 Å². The molecular formula is C18H20N2O5S2. The van der Waals surface area contributed by atoms with E-state index in [1.807, 2.05) is 0 Å². The Hall–Kier alpha value is -2.10. The highest BCUT2D eigenvalue weighted by atomic mass is 32.2. The van der Waals surface area contributed by atoms with Gasteiger partial charge >= 0.3 is 0 Å². The summed E-state index contributed by atoms with van der Waals surface area (Å²) in [6.45, 7) is 1.30. The highest BCUT2D eigenvalue weighted by molar-refractivity contribution is 7.91. The lowest BCUT2D eigenvalue weighted by Gasteiger charge is -2.33. The molecule has 144 valence electrons. The van der Waals surface area contributed by atoms with Gasteiger partial charge in [0.25, 0.3) is 10.0 Å². The maximum Gasteiger partial charge on any atom is 0.253 e. The molecule has 1 atom stereocenters. The van der Waals surface area contributed by atoms with Crippen LogP contribution in [0.25, 0.3) is 0 Å². The second-order valence-electron chi connectivity index (χ2n) is 6.41. The zero-order valence-corrected chi connectivity index (χ0v) is 16.2. The van der Waals surface area contributed by atoms with Gasteiger partial charge in [-0.15, -0.1) is 11.3 Å². The molecule has 0 spiro atoms. The molecular weight excluding hydrogens is 388 g/mol. The predicted octanol–water partition coefficient (Wildman–Crippen LogP) is 2.70. The van der Waals surface area contributed by atoms with Crippen LogP contribution in [0.3, 0.4) is 0 Å². The molecule has 1 amide bonds. The Morgan fingerprint density at radius 1 is 1.15 bits per heavy atom. The zero-order chi connectivity index (χ0) is 18.9. The Bertz CT molecular complexity index is 927. The summed E-state index contributed by atoms with van der Waals surface area (Å²) >= 11 is 1.16. The van der Waals surface area contributed by atoms with Crippen molar-refractivity contribution in [3.63, 3.8) is 0 Å². The van der Waals surface area contributed by atoms with Gasteiger partial charge < -0.3 is 14.8 Å². The first kappa shape index (κ1) is 18.3. The highest BCUT2D eigenvalue weighted by Crippen LogP contribution is 2.33. The van der Waals surface area contributed by atoms with Gasteiger partial charge in [-0.05, 0) is 36.4 Å². The molecule has 2 aliphatic heterocycles. The molecule has 4 rings (SSSR count). The maximum absolute atomic E-state index is 12.9. The van der Waals surface area contributed by atoms with Crippen LogP contribution in [0, 0.1) is 0 Å². The molecule has 0 bridgehead atoms. The quantitative estimate of drug-likeness (QED) is 0.841. The van der Waals surface area contributed by atoms with E-state index >= 15 is 0 Å². The lowest BCUT2D eigenvalue weighted by atomic mass is 10.0. The molecule has 2 aromatic rings. The Balaban J connectivity index is 1.54. The SMILES string of the molecule is O=C(Nc1ccc2c(c1)OCCO2)[C@@H]1CCCCN1S(=O)(=O)c1cccs1. The molecule has 1 fully saturated rings. The van der Waals surface area contributed by atoms with Gasteiger partial charge in [0.2, 0.25) is 5.91 Å². The molecule has 1 saturated heterocycles. The second-order valence-corrected chi connectivity index (χ2v) is 9.47. The number of sulfonamides is 1. The lowest BCUT2D eigenvalue weighted by molar-refractivity contribution is -0.120. The number of anilines is 1. The van der Waals surface area contributed by atoms with Crippen molar-refractivity contribution in [1.29, 1.82) is 0 Å². The number of nitrogens with zero attached hydrogens (tertiary/aromatic N) is 1. The summed E-state index contributed by atoms with van der Waals surface area (Å²) in [5.41, 5.74) is 0.559. The van der Waals surface area contributed by atoms with Crippen molar-refractivity contribution in [2.24, 2.45) is 0 Å². The normalized spacial score (nSPS) is 20.2. The number of hydrogen-bond donors (Lipinski definition) is 1. The average molecular weight is 409 g/mol. The van der Waals surface area contributed by atoms with Crippen LogP contribution in [0.4, 0.5) is 5.69 Å². The first-order valence-electron chi connectivity index (χ1n) is 8.81. The van der Waals surface area contributed by atoms with E-state index in [2.05, 4.69) is 5.32 Å². The lowest BCUT2D eigenvalue weighted by Crippen LogP contribution is -2.49. The summed E-state index contributed by atoms with van der Waals surface area (Å²) in [6.07, 6.45) is 2.06. The van der Waals surface area contributed by atoms with E-state index in [1.54, 1.807) is 35.7 Å². The van der Waals surface area contributed by atoms with Crippen molar-refractivity contribution in [3.8, 4) is 11.5 Å². The number of hydrogen-bond acceptors (Lipinski definition) is 6. The minimum atomic E-state index is -3.67. The van der Waals surface area contributed by atoms with E-state index in [0.29, 0.717) is 43.4 Å². The molecule has 0 saturated carbocycles. The van der Waals surface area contributed by atoms with Gasteiger partial charge in [-0.2, -0.15) is 4.31 Å². The smallest absolute Gasteiger partial charge is 0.253 e. The molecule has 7 nitrogen and oxygen atoms in total. The third-order valence-corrected chi connectivity index (χ3v) is 7.91. The number of amides is 1. The third kappa shape index (κ3) is 3.67. The topological polar surface area (TPSA) is 84.9 Å². The molecule has 1 aromatic heterocycles. The van der Waals surface area contributed by atoms with Crippen LogP contribution in [0.5, 0.6) is 11.5 Å². The molecule has 1 aromatic carbocycles. The van der Waals surface area contributed by atoms with E-state index in [1.165, 1.54) is 4.31 Å². The van der Waals surface area contributed by atoms with Gasteiger partial charge in [0.05, 0.1) is 0 Å². The number of carbonyl (C=O) groups excluding carboxylic acids is 1. The van der Waals surface area contributed by atoms with Gasteiger partial charge in [0, 0.05) is 18.3 Å². The van der Waals surface area contributed by atoms with Crippen molar-refractivity contribution in [2.75, 3.05) is 25.1 Å². The summed E-state index contributed by atoms with van der Waals surface area (Å²) in [6, 6.07) is 7.72. The standard InChI is InChI=1S/C18H20N2O5S2/c21-18(19-13-6-7-15-16(12-13)25-10-9-24-15)14-4-1-2-8-20(14)27(22,23)17-5-3-11-26-17/h3,5-7,11-12,14H,1-2,4,8-10H2,(H,19,21)/t14-/m0/s1. The van der Waals surface area contributed by atoms with E-state index in [9.17, 15) is 13.2 Å². The van der Waals surface area contributed by atoms with Gasteiger partial charge in [-0.25, -0.2) is 8.42 Å². The summed E-state index contributed by atoms with van der Waals surface area (Å²) < 4.78 is 38.5. The number of fused-ring (bicyclic) bond motifs is 1. The van der Waals surface area contributed by atoms with Crippen LogP contribution in [0.2, 0.25) is 0 Å². The van der Waals surface area contributed by atoms with Gasteiger partial charge in [0.15, 0.2) is 11.5 Å². The Kier molecular flexibility index (Phi) is 5.07. The Labute approximate surface area is 161 Å². The van der Waals surface area contributed by atoms with E-state index in [0.717, 1.165) is 24.2 Å². The summed E-state index contributed by atoms with van der Waals surface area (Å²) in [4.78, 5) is 12.9. The number of piperidine rings is 1. The fourth-order valence-electron chi connectivity index (χ4n) is 3.33. The second kappa shape index (κ2) is 7.49. The molecule has 0 radical (unpaired) electrons. The van der Waals surface area contributed by atoms with Crippen LogP contribution < -0.4 is 14.8 Å². The minimum absolute atomic E-state index is 0.265. The number of nitrogens with one attached hydrogen (secondary N) is 1. The van der Waals surface area contributed by atoms with Crippen LogP contribution in [0.15, 0.2) is 39.9 Å². The van der Waals surface area contributed by atoms with Crippen molar-refractivity contribution < 1.29 is 22.7 Å². The first-order valence-corrected chi connectivity index (χ1v) is 11.1. The fourth-order valence-corrected chi connectivity index (χ4v) is 6.10. The summed E-state index contributed by atoms with van der Waals surface area (Å²) in [5, 5.41) is 4.56. The van der Waals surface area contributed by atoms with Crippen molar-refractivity contribution in [2.45, 2.75) is 29.5 Å². The maximum atomic E-state index is 12.9. The van der Waals surface area contributed by atoms with E-state index in [4.69, 9.17) is 9.47 Å². The number of ether oxygens (including phenoxy) is 2. The molecule has 0 aliphatic carbocycles. The van der Waals surface area contributed by atoms with Crippen LogP contribution >= 0.6 is 11.3 Å². The molecule has 1 N–H and O–H groups in total. The zero-order valence-electron chi connectivity index (χ0n) is 14.6. The molecule has 3 heterocycles. The predicted molar refractivity (Wildman–Crippen MR) is 102 cm³/mol. The van der Waals surface area contributed by atoms with Gasteiger partial charge in [0.1, 0.15) is 23.5 Å². The average Bonchev–Trinajstić information content (AvgIpc) is 3.23. The molecule has 27 heavy (non-hydrogen) atoms. The number of benzene rings is 1. The molecule has 0 unspecified atom stereocenters. The van der Waals surface area contributed by atoms with Crippen LogP contribution in [0.1, 0.15) is 19.3 Å². The fraction of sp³-hybridized carbons (Fsp3) is 0.389. The van der Waals surface area contributed by atoms with Crippen molar-refractivity contribution in [3.05, 3.63) is 35.7 Å². The number of thiophene rings is 1. The van der Waals surface area contributed by atoms with Crippen molar-refractivity contribution >= 4 is 33.0 Å². The minimum Gasteiger partial charge on any atom is -0.486 e. The van der Waals surface area contributed by atoms with Gasteiger partial charge in [-0.1, -0.05) is 12.5 Å². The first-order chi connectivity index (χ1) is 13.1. The third-order valence-electron chi connectivity index (χ3n) is 4.62. The number of carbonyl (C=O) groups is 1. The largest absolute Gasteiger partial charge is 0.486 e. The Morgan fingerprint density at radius 3 is 2.74 bits per heavy atom. The molecule has 9 heteroatoms. The Morgan fingerprint density at radius 2 is 1.96 bits per heavy atom. The van der Waals surface area contributed by atoms with Crippen LogP contribution in [-0.2, 0) is 14.8 Å².